The first-order valence-corrected chi connectivity index (χ1v) is 8.04. The van der Waals surface area contributed by atoms with Crippen molar-refractivity contribution in [1.29, 1.82) is 0 Å². The van der Waals surface area contributed by atoms with Gasteiger partial charge in [-0.3, -0.25) is 9.36 Å². The van der Waals surface area contributed by atoms with Gasteiger partial charge in [-0.2, -0.15) is 0 Å². The van der Waals surface area contributed by atoms with E-state index in [4.69, 9.17) is 10.6 Å². The Kier molecular flexibility index (Phi) is 5.54. The van der Waals surface area contributed by atoms with Crippen LogP contribution in [0.5, 0.6) is 0 Å². The number of hydrogen-bond donors (Lipinski definition) is 3. The minimum Gasteiger partial charge on any atom is -0.351 e. The lowest BCUT2D eigenvalue weighted by atomic mass is 10.2. The zero-order chi connectivity index (χ0) is 13.6. The topological polar surface area (TPSA) is 92.4 Å². The van der Waals surface area contributed by atoms with Gasteiger partial charge in [0, 0.05) is 19.4 Å². The van der Waals surface area contributed by atoms with E-state index in [2.05, 4.69) is 5.32 Å². The number of rotatable bonds is 6. The Bertz CT molecular complexity index is 430. The maximum atomic E-state index is 11.6. The van der Waals surface area contributed by atoms with Crippen molar-refractivity contribution in [1.82, 2.24) is 5.32 Å². The zero-order valence-corrected chi connectivity index (χ0v) is 11.3. The highest BCUT2D eigenvalue weighted by molar-refractivity contribution is 7.57. The molecule has 6 heteroatoms. The number of nitrogens with one attached hydrogen (secondary N) is 1. The summed E-state index contributed by atoms with van der Waals surface area (Å²) in [5, 5.41) is 2.70. The van der Waals surface area contributed by atoms with E-state index in [9.17, 15) is 9.36 Å². The third-order valence-electron chi connectivity index (χ3n) is 2.50. The Hall–Kier alpha value is -1.16. The lowest BCUT2D eigenvalue weighted by molar-refractivity contribution is -0.122. The molecule has 1 aromatic rings. The second kappa shape index (κ2) is 6.69. The molecule has 100 valence electrons. The van der Waals surface area contributed by atoms with Gasteiger partial charge in [0.2, 0.25) is 5.91 Å². The molecule has 4 N–H and O–H groups in total. The van der Waals surface area contributed by atoms with Crippen LogP contribution in [0.1, 0.15) is 12.0 Å². The van der Waals surface area contributed by atoms with Crippen LogP contribution in [-0.4, -0.2) is 29.7 Å². The molecule has 0 saturated carbocycles. The summed E-state index contributed by atoms with van der Waals surface area (Å²) in [6, 6.07) is 8.74. The summed E-state index contributed by atoms with van der Waals surface area (Å²) in [5.41, 5.74) is 6.63. The lowest BCUT2D eigenvalue weighted by Crippen LogP contribution is -2.40. The molecule has 0 spiro atoms. The molecule has 0 aromatic heterocycles. The smallest absolute Gasteiger partial charge is 0.237 e. The van der Waals surface area contributed by atoms with Gasteiger partial charge in [-0.05, 0) is 12.0 Å². The van der Waals surface area contributed by atoms with Gasteiger partial charge in [-0.15, -0.1) is 0 Å². The summed E-state index contributed by atoms with van der Waals surface area (Å²) in [6.45, 7) is 1.68. The van der Waals surface area contributed by atoms with Crippen LogP contribution in [0.3, 0.4) is 0 Å². The van der Waals surface area contributed by atoms with Crippen molar-refractivity contribution in [2.45, 2.75) is 19.0 Å². The summed E-state index contributed by atoms with van der Waals surface area (Å²) >= 11 is 0. The fraction of sp³-hybridized carbons (Fsp3) is 0.417. The van der Waals surface area contributed by atoms with Crippen LogP contribution in [0.4, 0.5) is 0 Å². The normalized spacial score (nSPS) is 15.7. The van der Waals surface area contributed by atoms with E-state index in [-0.39, 0.29) is 18.5 Å². The molecule has 5 nitrogen and oxygen atoms in total. The number of amides is 1. The summed E-state index contributed by atoms with van der Waals surface area (Å²) in [5.74, 6) is -0.299. The molecule has 2 unspecified atom stereocenters. The van der Waals surface area contributed by atoms with Crippen LogP contribution in [0, 0.1) is 0 Å². The molecule has 0 radical (unpaired) electrons. The minimum atomic E-state index is -3.10. The van der Waals surface area contributed by atoms with Gasteiger partial charge in [0.1, 0.15) is 0 Å². The third kappa shape index (κ3) is 5.96. The van der Waals surface area contributed by atoms with Gasteiger partial charge in [0.15, 0.2) is 7.37 Å². The summed E-state index contributed by atoms with van der Waals surface area (Å²) in [7, 11) is -3.10. The van der Waals surface area contributed by atoms with Crippen molar-refractivity contribution >= 4 is 13.3 Å². The van der Waals surface area contributed by atoms with E-state index in [1.165, 1.54) is 6.66 Å². The molecule has 0 heterocycles. The maximum absolute atomic E-state index is 11.6. The van der Waals surface area contributed by atoms with Gasteiger partial charge in [-0.25, -0.2) is 0 Å². The minimum absolute atomic E-state index is 0.0624. The van der Waals surface area contributed by atoms with E-state index in [1.54, 1.807) is 0 Å². The van der Waals surface area contributed by atoms with Crippen LogP contribution in [-0.2, 0) is 15.9 Å². The quantitative estimate of drug-likeness (QED) is 0.670. The second-order valence-corrected chi connectivity index (χ2v) is 6.92. The maximum Gasteiger partial charge on any atom is 0.237 e. The predicted octanol–water partition coefficient (Wildman–Crippen LogP) is 0.920. The second-order valence-electron chi connectivity index (χ2n) is 4.37. The molecule has 18 heavy (non-hydrogen) atoms. The Morgan fingerprint density at radius 2 is 2.06 bits per heavy atom. The van der Waals surface area contributed by atoms with Crippen molar-refractivity contribution in [3.8, 4) is 0 Å². The largest absolute Gasteiger partial charge is 0.351 e. The van der Waals surface area contributed by atoms with E-state index < -0.39 is 13.4 Å². The third-order valence-corrected chi connectivity index (χ3v) is 3.59. The standard InChI is InChI=1S/C12H19N2O3P/c1-18(16,17)8-7-11(13)12(15)14-9-10-5-3-2-4-6-10/h2-6,11H,7-9,13H2,1H3,(H,14,15)(H,16,17). The van der Waals surface area contributed by atoms with Crippen LogP contribution >= 0.6 is 7.37 Å². The van der Waals surface area contributed by atoms with Gasteiger partial charge >= 0.3 is 0 Å². The molecule has 0 bridgehead atoms. The molecule has 1 aromatic carbocycles. The molecule has 0 aliphatic rings. The number of carbonyl (C=O) groups is 1. The highest BCUT2D eigenvalue weighted by atomic mass is 31.2. The number of carbonyl (C=O) groups excluding carboxylic acids is 1. The van der Waals surface area contributed by atoms with Crippen molar-refractivity contribution in [3.05, 3.63) is 35.9 Å². The van der Waals surface area contributed by atoms with E-state index in [0.717, 1.165) is 5.56 Å². The number of benzene rings is 1. The first-order valence-electron chi connectivity index (χ1n) is 5.75. The molecular formula is C12H19N2O3P. The lowest BCUT2D eigenvalue weighted by Gasteiger charge is -2.13. The van der Waals surface area contributed by atoms with Gasteiger partial charge in [0.05, 0.1) is 6.04 Å². The van der Waals surface area contributed by atoms with Crippen molar-refractivity contribution in [3.63, 3.8) is 0 Å². The fourth-order valence-corrected chi connectivity index (χ4v) is 2.18. The van der Waals surface area contributed by atoms with Crippen molar-refractivity contribution < 1.29 is 14.3 Å². The predicted molar refractivity (Wildman–Crippen MR) is 71.5 cm³/mol. The number of hydrogen-bond acceptors (Lipinski definition) is 3. The van der Waals surface area contributed by atoms with Crippen LogP contribution in [0.15, 0.2) is 30.3 Å². The molecule has 1 amide bonds. The van der Waals surface area contributed by atoms with Gasteiger partial charge in [-0.1, -0.05) is 30.3 Å². The summed E-state index contributed by atoms with van der Waals surface area (Å²) < 4.78 is 11.1. The molecular weight excluding hydrogens is 251 g/mol. The monoisotopic (exact) mass is 270 g/mol. The first kappa shape index (κ1) is 14.9. The van der Waals surface area contributed by atoms with Crippen LogP contribution in [0.25, 0.3) is 0 Å². The summed E-state index contributed by atoms with van der Waals surface area (Å²) in [4.78, 5) is 20.8. The fourth-order valence-electron chi connectivity index (χ4n) is 1.43. The van der Waals surface area contributed by atoms with Gasteiger partial charge in [0.25, 0.3) is 0 Å². The molecule has 2 atom stereocenters. The number of nitrogens with two attached hydrogens (primary N) is 1. The molecule has 1 rings (SSSR count). The van der Waals surface area contributed by atoms with Crippen LogP contribution < -0.4 is 11.1 Å². The first-order chi connectivity index (χ1) is 8.38. The highest BCUT2D eigenvalue weighted by Crippen LogP contribution is 2.35. The Labute approximate surface area is 107 Å². The Balaban J connectivity index is 2.34. The van der Waals surface area contributed by atoms with Gasteiger partial charge < -0.3 is 15.9 Å². The molecule has 0 saturated heterocycles. The van der Waals surface area contributed by atoms with E-state index >= 15 is 0 Å². The molecule has 0 aliphatic heterocycles. The molecule has 0 fully saturated rings. The van der Waals surface area contributed by atoms with E-state index in [1.807, 2.05) is 30.3 Å². The highest BCUT2D eigenvalue weighted by Gasteiger charge is 2.17. The van der Waals surface area contributed by atoms with Crippen LogP contribution in [0.2, 0.25) is 0 Å². The zero-order valence-electron chi connectivity index (χ0n) is 10.4. The van der Waals surface area contributed by atoms with Crippen molar-refractivity contribution in [2.24, 2.45) is 5.73 Å². The molecule has 0 aliphatic carbocycles. The average Bonchev–Trinajstić information content (AvgIpc) is 2.33. The summed E-state index contributed by atoms with van der Waals surface area (Å²) in [6.07, 6.45) is 0.276. The van der Waals surface area contributed by atoms with E-state index in [0.29, 0.717) is 6.54 Å². The SMILES string of the molecule is CP(=O)(O)CCC(N)C(=O)NCc1ccccc1. The average molecular weight is 270 g/mol. The Morgan fingerprint density at radius 1 is 1.44 bits per heavy atom. The van der Waals surface area contributed by atoms with Crippen molar-refractivity contribution in [2.75, 3.05) is 12.8 Å². The Morgan fingerprint density at radius 3 is 2.61 bits per heavy atom.